The molecule has 2 nitrogen and oxygen atoms in total. The van der Waals surface area contributed by atoms with Crippen molar-refractivity contribution >= 4 is 26.9 Å². The van der Waals surface area contributed by atoms with Gasteiger partial charge in [-0.05, 0) is 37.6 Å². The molecule has 88 valence electrons. The molecule has 2 aliphatic rings. The highest BCUT2D eigenvalue weighted by molar-refractivity contribution is 9.10. The SMILES string of the molecule is Brc1ccc2c3c(oc2c1)CCN1CCCC31. The summed E-state index contributed by atoms with van der Waals surface area (Å²) in [5, 5.41) is 1.32. The lowest BCUT2D eigenvalue weighted by molar-refractivity contribution is 0.233. The van der Waals surface area contributed by atoms with E-state index < -0.39 is 0 Å². The third-order valence-electron chi connectivity index (χ3n) is 4.09. The highest BCUT2D eigenvalue weighted by Crippen LogP contribution is 2.43. The minimum absolute atomic E-state index is 0.612. The van der Waals surface area contributed by atoms with Crippen molar-refractivity contribution in [3.05, 3.63) is 34.0 Å². The Morgan fingerprint density at radius 1 is 1.29 bits per heavy atom. The minimum Gasteiger partial charge on any atom is -0.461 e. The van der Waals surface area contributed by atoms with Gasteiger partial charge in [0.05, 0.1) is 0 Å². The Morgan fingerprint density at radius 2 is 2.24 bits per heavy atom. The van der Waals surface area contributed by atoms with Gasteiger partial charge < -0.3 is 4.42 Å². The summed E-state index contributed by atoms with van der Waals surface area (Å²) in [6.45, 7) is 2.42. The fourth-order valence-corrected chi connectivity index (χ4v) is 3.70. The zero-order valence-electron chi connectivity index (χ0n) is 9.58. The van der Waals surface area contributed by atoms with E-state index in [1.165, 1.54) is 42.6 Å². The zero-order valence-corrected chi connectivity index (χ0v) is 11.2. The smallest absolute Gasteiger partial charge is 0.135 e. The third-order valence-corrected chi connectivity index (χ3v) is 4.58. The number of hydrogen-bond donors (Lipinski definition) is 0. The van der Waals surface area contributed by atoms with Gasteiger partial charge >= 0.3 is 0 Å². The molecule has 3 heteroatoms. The van der Waals surface area contributed by atoms with Gasteiger partial charge in [-0.25, -0.2) is 0 Å². The maximum atomic E-state index is 6.02. The van der Waals surface area contributed by atoms with Crippen LogP contribution in [0.3, 0.4) is 0 Å². The van der Waals surface area contributed by atoms with E-state index in [0.29, 0.717) is 6.04 Å². The fraction of sp³-hybridized carbons (Fsp3) is 0.429. The lowest BCUT2D eigenvalue weighted by atomic mass is 9.96. The van der Waals surface area contributed by atoms with Crippen LogP contribution in [0.5, 0.6) is 0 Å². The summed E-state index contributed by atoms with van der Waals surface area (Å²) >= 11 is 3.51. The highest BCUT2D eigenvalue weighted by atomic mass is 79.9. The number of halogens is 1. The van der Waals surface area contributed by atoms with E-state index in [9.17, 15) is 0 Å². The fourth-order valence-electron chi connectivity index (χ4n) is 3.36. The van der Waals surface area contributed by atoms with Crippen LogP contribution >= 0.6 is 15.9 Å². The number of furan rings is 1. The largest absolute Gasteiger partial charge is 0.461 e. The Hall–Kier alpha value is -0.800. The zero-order chi connectivity index (χ0) is 11.4. The van der Waals surface area contributed by atoms with Crippen molar-refractivity contribution < 1.29 is 4.42 Å². The Kier molecular flexibility index (Phi) is 2.15. The predicted molar refractivity (Wildman–Crippen MR) is 71.2 cm³/mol. The van der Waals surface area contributed by atoms with Gasteiger partial charge in [0.1, 0.15) is 11.3 Å². The summed E-state index contributed by atoms with van der Waals surface area (Å²) in [6, 6.07) is 7.02. The van der Waals surface area contributed by atoms with E-state index in [1.807, 2.05) is 0 Å². The summed E-state index contributed by atoms with van der Waals surface area (Å²) in [6.07, 6.45) is 3.68. The molecule has 0 radical (unpaired) electrons. The molecule has 1 aromatic carbocycles. The second-order valence-electron chi connectivity index (χ2n) is 5.02. The van der Waals surface area contributed by atoms with Crippen LogP contribution in [0.1, 0.15) is 30.2 Å². The number of fused-ring (bicyclic) bond motifs is 5. The van der Waals surface area contributed by atoms with Crippen LogP contribution in [0.15, 0.2) is 27.1 Å². The molecule has 17 heavy (non-hydrogen) atoms. The predicted octanol–water partition coefficient (Wildman–Crippen LogP) is 3.89. The summed E-state index contributed by atoms with van der Waals surface area (Å²) in [7, 11) is 0. The van der Waals surface area contributed by atoms with Crippen molar-refractivity contribution in [2.75, 3.05) is 13.1 Å². The first-order valence-electron chi connectivity index (χ1n) is 6.28. The van der Waals surface area contributed by atoms with E-state index in [0.717, 1.165) is 16.5 Å². The normalized spacial score (nSPS) is 23.9. The first-order chi connectivity index (χ1) is 8.33. The molecule has 1 saturated heterocycles. The van der Waals surface area contributed by atoms with Crippen molar-refractivity contribution in [1.82, 2.24) is 4.90 Å². The Labute approximate surface area is 109 Å². The first-order valence-corrected chi connectivity index (χ1v) is 7.07. The van der Waals surface area contributed by atoms with Crippen LogP contribution in [0.2, 0.25) is 0 Å². The van der Waals surface area contributed by atoms with Gasteiger partial charge in [-0.1, -0.05) is 15.9 Å². The van der Waals surface area contributed by atoms with E-state index in [1.54, 1.807) is 0 Å². The average molecular weight is 292 g/mol. The molecule has 1 unspecified atom stereocenters. The summed E-state index contributed by atoms with van der Waals surface area (Å²) < 4.78 is 7.12. The van der Waals surface area contributed by atoms with Crippen molar-refractivity contribution in [1.29, 1.82) is 0 Å². The maximum Gasteiger partial charge on any atom is 0.135 e. The first kappa shape index (κ1) is 10.2. The lowest BCUT2D eigenvalue weighted by Gasteiger charge is -2.28. The number of hydrogen-bond acceptors (Lipinski definition) is 2. The molecule has 1 atom stereocenters. The Balaban J connectivity index is 1.97. The molecule has 2 aromatic rings. The molecule has 0 amide bonds. The summed E-state index contributed by atoms with van der Waals surface area (Å²) in [4.78, 5) is 2.61. The van der Waals surface area contributed by atoms with Crippen molar-refractivity contribution in [2.45, 2.75) is 25.3 Å². The molecule has 0 aliphatic carbocycles. The molecule has 2 aliphatic heterocycles. The average Bonchev–Trinajstić information content (AvgIpc) is 2.89. The Morgan fingerprint density at radius 3 is 3.18 bits per heavy atom. The molecule has 0 bridgehead atoms. The van der Waals surface area contributed by atoms with Gasteiger partial charge in [0.25, 0.3) is 0 Å². The van der Waals surface area contributed by atoms with Crippen LogP contribution in [0, 0.1) is 0 Å². The molecule has 0 N–H and O–H groups in total. The van der Waals surface area contributed by atoms with Crippen LogP contribution in [0.4, 0.5) is 0 Å². The van der Waals surface area contributed by atoms with Gasteiger partial charge in [0.2, 0.25) is 0 Å². The second kappa shape index (κ2) is 3.59. The quantitative estimate of drug-likeness (QED) is 0.732. The molecular weight excluding hydrogens is 278 g/mol. The third kappa shape index (κ3) is 1.42. The minimum atomic E-state index is 0.612. The van der Waals surface area contributed by atoms with Gasteiger partial charge in [0, 0.05) is 34.4 Å². The van der Waals surface area contributed by atoms with Gasteiger partial charge in [-0.3, -0.25) is 4.90 Å². The van der Waals surface area contributed by atoms with Crippen molar-refractivity contribution in [2.24, 2.45) is 0 Å². The lowest BCUT2D eigenvalue weighted by Crippen LogP contribution is -2.30. The van der Waals surface area contributed by atoms with Crippen LogP contribution < -0.4 is 0 Å². The van der Waals surface area contributed by atoms with Crippen molar-refractivity contribution in [3.8, 4) is 0 Å². The summed E-state index contributed by atoms with van der Waals surface area (Å²) in [5.41, 5.74) is 2.51. The monoisotopic (exact) mass is 291 g/mol. The number of rotatable bonds is 0. The maximum absolute atomic E-state index is 6.02. The van der Waals surface area contributed by atoms with Gasteiger partial charge in [-0.15, -0.1) is 0 Å². The Bertz CT molecular complexity index is 589. The molecule has 0 saturated carbocycles. The van der Waals surface area contributed by atoms with E-state index >= 15 is 0 Å². The number of nitrogens with zero attached hydrogens (tertiary/aromatic N) is 1. The topological polar surface area (TPSA) is 16.4 Å². The molecular formula is C14H14BrNO. The van der Waals surface area contributed by atoms with E-state index in [-0.39, 0.29) is 0 Å². The van der Waals surface area contributed by atoms with E-state index in [2.05, 4.69) is 39.0 Å². The van der Waals surface area contributed by atoms with Crippen LogP contribution in [-0.4, -0.2) is 18.0 Å². The second-order valence-corrected chi connectivity index (χ2v) is 5.94. The van der Waals surface area contributed by atoms with Gasteiger partial charge in [-0.2, -0.15) is 0 Å². The van der Waals surface area contributed by atoms with Crippen LogP contribution in [-0.2, 0) is 6.42 Å². The molecule has 3 heterocycles. The molecule has 4 rings (SSSR count). The van der Waals surface area contributed by atoms with Crippen molar-refractivity contribution in [3.63, 3.8) is 0 Å². The van der Waals surface area contributed by atoms with E-state index in [4.69, 9.17) is 4.42 Å². The van der Waals surface area contributed by atoms with Crippen LogP contribution in [0.25, 0.3) is 11.0 Å². The standard InChI is InChI=1S/C14H14BrNO/c15-9-3-4-10-13(8-9)17-12-5-7-16-6-1-2-11(16)14(10)12/h3-4,8,11H,1-2,5-7H2. The number of benzene rings is 1. The molecule has 1 aromatic heterocycles. The van der Waals surface area contributed by atoms with Gasteiger partial charge in [0.15, 0.2) is 0 Å². The molecule has 0 spiro atoms. The summed E-state index contributed by atoms with van der Waals surface area (Å²) in [5.74, 6) is 1.22. The molecule has 1 fully saturated rings. The highest BCUT2D eigenvalue weighted by Gasteiger charge is 2.34.